The van der Waals surface area contributed by atoms with Gasteiger partial charge in [-0.15, -0.1) is 11.8 Å². The number of halogens is 1. The number of nitrogens with one attached hydrogen (secondary N) is 1. The van der Waals surface area contributed by atoms with Crippen LogP contribution >= 0.6 is 11.8 Å². The van der Waals surface area contributed by atoms with Gasteiger partial charge in [0.25, 0.3) is 0 Å². The van der Waals surface area contributed by atoms with E-state index in [0.29, 0.717) is 10.6 Å². The lowest BCUT2D eigenvalue weighted by molar-refractivity contribution is 0.596. The first kappa shape index (κ1) is 14.0. The Morgan fingerprint density at radius 3 is 2.89 bits per heavy atom. The van der Waals surface area contributed by atoms with E-state index in [1.807, 2.05) is 23.9 Å². The van der Waals surface area contributed by atoms with E-state index >= 15 is 0 Å². The van der Waals surface area contributed by atoms with E-state index in [0.717, 1.165) is 12.1 Å². The summed E-state index contributed by atoms with van der Waals surface area (Å²) in [6, 6.07) is 6.69. The van der Waals surface area contributed by atoms with Gasteiger partial charge in [-0.3, -0.25) is 16.0 Å². The maximum absolute atomic E-state index is 13.5. The van der Waals surface area contributed by atoms with Crippen LogP contribution in [0.15, 0.2) is 41.6 Å². The molecule has 1 heterocycles. The third kappa shape index (κ3) is 3.56. The number of nitrogens with zero attached hydrogens (tertiary/aromatic N) is 2. The van der Waals surface area contributed by atoms with E-state index in [2.05, 4.69) is 10.5 Å². The minimum atomic E-state index is -0.201. The van der Waals surface area contributed by atoms with Crippen molar-refractivity contribution in [3.05, 3.63) is 48.0 Å². The average Bonchev–Trinajstić information content (AvgIpc) is 2.90. The van der Waals surface area contributed by atoms with E-state index in [1.165, 1.54) is 17.8 Å². The third-order valence-corrected chi connectivity index (χ3v) is 3.97. The highest BCUT2D eigenvalue weighted by Crippen LogP contribution is 2.26. The first-order chi connectivity index (χ1) is 9.24. The first-order valence-electron chi connectivity index (χ1n) is 6.10. The summed E-state index contributed by atoms with van der Waals surface area (Å²) in [5, 5.41) is 4.21. The van der Waals surface area contributed by atoms with Gasteiger partial charge in [0.2, 0.25) is 0 Å². The summed E-state index contributed by atoms with van der Waals surface area (Å²) < 4.78 is 15.4. The summed E-state index contributed by atoms with van der Waals surface area (Å²) in [6.07, 6.45) is 3.74. The van der Waals surface area contributed by atoms with Crippen LogP contribution in [-0.2, 0) is 6.54 Å². The molecule has 0 aliphatic heterocycles. The van der Waals surface area contributed by atoms with Gasteiger partial charge in [0.15, 0.2) is 0 Å². The summed E-state index contributed by atoms with van der Waals surface area (Å²) in [5.74, 6) is 6.01. The Morgan fingerprint density at radius 1 is 1.47 bits per heavy atom. The highest BCUT2D eigenvalue weighted by atomic mass is 32.2. The molecule has 2 aromatic rings. The van der Waals surface area contributed by atoms with Crippen molar-refractivity contribution in [2.45, 2.75) is 24.4 Å². The molecule has 6 heteroatoms. The summed E-state index contributed by atoms with van der Waals surface area (Å²) >= 11 is 1.44. The van der Waals surface area contributed by atoms with Crippen molar-refractivity contribution in [1.82, 2.24) is 15.2 Å². The molecule has 102 valence electrons. The summed E-state index contributed by atoms with van der Waals surface area (Å²) in [5.41, 5.74) is 3.76. The normalized spacial score (nSPS) is 12.6. The van der Waals surface area contributed by atoms with Crippen molar-refractivity contribution < 1.29 is 4.39 Å². The monoisotopic (exact) mass is 280 g/mol. The zero-order valence-corrected chi connectivity index (χ0v) is 11.5. The first-order valence-corrected chi connectivity index (χ1v) is 7.09. The Morgan fingerprint density at radius 2 is 2.26 bits per heavy atom. The van der Waals surface area contributed by atoms with Gasteiger partial charge in [-0.05, 0) is 19.1 Å². The van der Waals surface area contributed by atoms with Gasteiger partial charge in [-0.25, -0.2) is 4.39 Å². The van der Waals surface area contributed by atoms with Crippen LogP contribution in [0.4, 0.5) is 4.39 Å². The Labute approximate surface area is 116 Å². The molecule has 0 fully saturated rings. The zero-order valence-electron chi connectivity index (χ0n) is 10.7. The molecule has 19 heavy (non-hydrogen) atoms. The van der Waals surface area contributed by atoms with Crippen LogP contribution in [0.3, 0.4) is 0 Å². The SMILES string of the molecule is CCn1cc(C(CSc2ccccc2F)NN)cn1. The van der Waals surface area contributed by atoms with Gasteiger partial charge < -0.3 is 0 Å². The third-order valence-electron chi connectivity index (χ3n) is 2.82. The van der Waals surface area contributed by atoms with Gasteiger partial charge >= 0.3 is 0 Å². The number of thioether (sulfide) groups is 1. The van der Waals surface area contributed by atoms with E-state index in [1.54, 1.807) is 18.3 Å². The predicted molar refractivity (Wildman–Crippen MR) is 75.1 cm³/mol. The van der Waals surface area contributed by atoms with Gasteiger partial charge in [0.05, 0.1) is 12.2 Å². The van der Waals surface area contributed by atoms with Gasteiger partial charge in [0, 0.05) is 29.0 Å². The quantitative estimate of drug-likeness (QED) is 0.484. The second-order valence-corrected chi connectivity index (χ2v) is 5.15. The van der Waals surface area contributed by atoms with Crippen molar-refractivity contribution in [3.8, 4) is 0 Å². The van der Waals surface area contributed by atoms with Crippen molar-refractivity contribution in [2.75, 3.05) is 5.75 Å². The molecule has 0 bridgehead atoms. The van der Waals surface area contributed by atoms with E-state index < -0.39 is 0 Å². The molecule has 1 atom stereocenters. The molecule has 0 saturated carbocycles. The second-order valence-electron chi connectivity index (χ2n) is 4.09. The van der Waals surface area contributed by atoms with Crippen LogP contribution in [0.25, 0.3) is 0 Å². The molecule has 0 aliphatic rings. The lowest BCUT2D eigenvalue weighted by Gasteiger charge is -2.13. The van der Waals surface area contributed by atoms with Crippen LogP contribution in [0, 0.1) is 5.82 Å². The molecule has 0 saturated heterocycles. The fraction of sp³-hybridized carbons (Fsp3) is 0.308. The molecule has 2 rings (SSSR count). The highest BCUT2D eigenvalue weighted by Gasteiger charge is 2.13. The number of hydrazine groups is 1. The summed E-state index contributed by atoms with van der Waals surface area (Å²) in [6.45, 7) is 2.84. The minimum Gasteiger partial charge on any atom is -0.273 e. The van der Waals surface area contributed by atoms with Crippen LogP contribution in [0.2, 0.25) is 0 Å². The van der Waals surface area contributed by atoms with Crippen LogP contribution in [0.5, 0.6) is 0 Å². The number of benzene rings is 1. The number of hydrogen-bond donors (Lipinski definition) is 2. The Bertz CT molecular complexity index is 529. The lowest BCUT2D eigenvalue weighted by atomic mass is 10.2. The van der Waals surface area contributed by atoms with E-state index in [-0.39, 0.29) is 11.9 Å². The van der Waals surface area contributed by atoms with Gasteiger partial charge in [-0.1, -0.05) is 12.1 Å². The predicted octanol–water partition coefficient (Wildman–Crippen LogP) is 2.34. The lowest BCUT2D eigenvalue weighted by Crippen LogP contribution is -2.29. The largest absolute Gasteiger partial charge is 0.273 e. The number of hydrogen-bond acceptors (Lipinski definition) is 4. The molecule has 1 aromatic heterocycles. The molecule has 1 aromatic carbocycles. The van der Waals surface area contributed by atoms with Crippen molar-refractivity contribution >= 4 is 11.8 Å². The summed E-state index contributed by atoms with van der Waals surface area (Å²) in [4.78, 5) is 0.630. The van der Waals surface area contributed by atoms with Crippen LogP contribution in [-0.4, -0.2) is 15.5 Å². The molecule has 0 aliphatic carbocycles. The molecule has 0 spiro atoms. The topological polar surface area (TPSA) is 55.9 Å². The van der Waals surface area contributed by atoms with Gasteiger partial charge in [-0.2, -0.15) is 5.10 Å². The van der Waals surface area contributed by atoms with Crippen molar-refractivity contribution in [1.29, 1.82) is 0 Å². The molecule has 0 radical (unpaired) electrons. The Kier molecular flexibility index (Phi) is 4.95. The molecule has 1 unspecified atom stereocenters. The van der Waals surface area contributed by atoms with Crippen LogP contribution in [0.1, 0.15) is 18.5 Å². The number of aromatic nitrogens is 2. The maximum Gasteiger partial charge on any atom is 0.136 e. The van der Waals surface area contributed by atoms with Gasteiger partial charge in [0.1, 0.15) is 5.82 Å². The molecule has 4 nitrogen and oxygen atoms in total. The fourth-order valence-electron chi connectivity index (χ4n) is 1.71. The highest BCUT2D eigenvalue weighted by molar-refractivity contribution is 7.99. The Hall–Kier alpha value is -1.37. The zero-order chi connectivity index (χ0) is 13.7. The van der Waals surface area contributed by atoms with Crippen molar-refractivity contribution in [2.24, 2.45) is 5.84 Å². The van der Waals surface area contributed by atoms with E-state index in [4.69, 9.17) is 5.84 Å². The summed E-state index contributed by atoms with van der Waals surface area (Å²) in [7, 11) is 0. The van der Waals surface area contributed by atoms with Crippen molar-refractivity contribution in [3.63, 3.8) is 0 Å². The number of rotatable bonds is 6. The number of aryl methyl sites for hydroxylation is 1. The molecular weight excluding hydrogens is 263 g/mol. The molecule has 3 N–H and O–H groups in total. The maximum atomic E-state index is 13.5. The average molecular weight is 280 g/mol. The standard InChI is InChI=1S/C13H17FN4S/c1-2-18-8-10(7-16-18)12(17-15)9-19-13-6-4-3-5-11(13)14/h3-8,12,17H,2,9,15H2,1H3. The molecule has 0 amide bonds. The second kappa shape index (κ2) is 6.70. The molecular formula is C13H17FN4S. The number of nitrogens with two attached hydrogens (primary N) is 1. The fourth-order valence-corrected chi connectivity index (χ4v) is 2.72. The minimum absolute atomic E-state index is 0.0510. The van der Waals surface area contributed by atoms with Crippen LogP contribution < -0.4 is 11.3 Å². The smallest absolute Gasteiger partial charge is 0.136 e. The van der Waals surface area contributed by atoms with E-state index in [9.17, 15) is 4.39 Å². The Balaban J connectivity index is 2.02.